The highest BCUT2D eigenvalue weighted by Gasteiger charge is 2.22. The fraction of sp³-hybridized carbons (Fsp3) is 0.400. The summed E-state index contributed by atoms with van der Waals surface area (Å²) >= 11 is 0. The number of fused-ring (bicyclic) bond motifs is 3. The molecule has 3 aromatic rings. The van der Waals surface area contributed by atoms with E-state index in [0.717, 1.165) is 62.0 Å². The second-order valence-electron chi connectivity index (χ2n) is 10.2. The molecule has 2 N–H and O–H groups in total. The van der Waals surface area contributed by atoms with Crippen molar-refractivity contribution in [1.82, 2.24) is 30.0 Å². The lowest BCUT2D eigenvalue weighted by Gasteiger charge is -2.34. The molecule has 5 rings (SSSR count). The van der Waals surface area contributed by atoms with Crippen molar-refractivity contribution in [1.29, 1.82) is 5.41 Å². The van der Waals surface area contributed by atoms with Crippen LogP contribution in [0, 0.1) is 5.41 Å². The number of nitrogens with one attached hydrogen (secondary N) is 2. The minimum absolute atomic E-state index is 0.160. The molecule has 1 saturated heterocycles. The number of nitrogens with zero attached hydrogens (tertiary/aromatic N) is 6. The maximum Gasteiger partial charge on any atom is 0.243 e. The molecule has 1 aliphatic heterocycles. The monoisotopic (exact) mass is 540 g/mol. The van der Waals surface area contributed by atoms with Gasteiger partial charge in [-0.3, -0.25) is 15.0 Å². The Labute approximate surface area is 234 Å². The summed E-state index contributed by atoms with van der Waals surface area (Å²) in [6, 6.07) is 12.0. The molecule has 2 aliphatic rings. The average Bonchev–Trinajstić information content (AvgIpc) is 2.99. The first-order chi connectivity index (χ1) is 19.6. The summed E-state index contributed by atoms with van der Waals surface area (Å²) in [7, 11) is 0. The topological polar surface area (TPSA) is 120 Å². The molecule has 3 heterocycles. The number of piperazine rings is 1. The van der Waals surface area contributed by atoms with E-state index in [1.54, 1.807) is 29.2 Å². The number of anilines is 1. The Bertz CT molecular complexity index is 1410. The van der Waals surface area contributed by atoms with Gasteiger partial charge in [0.1, 0.15) is 5.49 Å². The number of unbranched alkanes of at least 4 members (excludes halogenated alkanes) is 2. The van der Waals surface area contributed by atoms with Crippen LogP contribution in [0.25, 0.3) is 11.3 Å². The number of carbonyl (C=O) groups excluding carboxylic acids is 2. The minimum Gasteiger partial charge on any atom is -0.353 e. The molecular formula is C30H36N8O2. The summed E-state index contributed by atoms with van der Waals surface area (Å²) < 4.78 is 1.62. The van der Waals surface area contributed by atoms with Crippen LogP contribution < -0.4 is 15.7 Å². The molecule has 0 bridgehead atoms. The van der Waals surface area contributed by atoms with Crippen molar-refractivity contribution in [2.75, 3.05) is 37.6 Å². The number of allylic oxidation sites excluding steroid dienone is 1. The van der Waals surface area contributed by atoms with Crippen LogP contribution in [0.5, 0.6) is 0 Å². The lowest BCUT2D eigenvalue weighted by molar-refractivity contribution is -0.131. The summed E-state index contributed by atoms with van der Waals surface area (Å²) in [5.41, 5.74) is 4.78. The fourth-order valence-electron chi connectivity index (χ4n) is 5.22. The van der Waals surface area contributed by atoms with Gasteiger partial charge in [0, 0.05) is 63.2 Å². The highest BCUT2D eigenvalue weighted by atomic mass is 16.2. The van der Waals surface area contributed by atoms with E-state index in [1.165, 1.54) is 11.6 Å². The van der Waals surface area contributed by atoms with Gasteiger partial charge in [-0.2, -0.15) is 5.10 Å². The number of rotatable bonds is 10. The van der Waals surface area contributed by atoms with Crippen molar-refractivity contribution in [3.8, 4) is 11.3 Å². The predicted molar refractivity (Wildman–Crippen MR) is 152 cm³/mol. The summed E-state index contributed by atoms with van der Waals surface area (Å²) in [5, 5.41) is 16.0. The molecule has 10 nitrogen and oxygen atoms in total. The zero-order chi connectivity index (χ0) is 27.7. The van der Waals surface area contributed by atoms with Crippen LogP contribution in [0.4, 0.5) is 5.95 Å². The van der Waals surface area contributed by atoms with Gasteiger partial charge < -0.3 is 15.1 Å². The predicted octanol–water partition coefficient (Wildman–Crippen LogP) is 2.50. The molecule has 0 unspecified atom stereocenters. The molecule has 0 atom stereocenters. The Balaban J connectivity index is 0.978. The van der Waals surface area contributed by atoms with E-state index < -0.39 is 0 Å². The van der Waals surface area contributed by atoms with Gasteiger partial charge in [0.05, 0.1) is 12.2 Å². The van der Waals surface area contributed by atoms with Crippen LogP contribution >= 0.6 is 0 Å². The third kappa shape index (κ3) is 6.80. The van der Waals surface area contributed by atoms with Crippen molar-refractivity contribution in [2.24, 2.45) is 0 Å². The third-order valence-corrected chi connectivity index (χ3v) is 7.43. The number of benzene rings is 1. The molecule has 10 heteroatoms. The van der Waals surface area contributed by atoms with E-state index in [2.05, 4.69) is 32.3 Å². The molecular weight excluding hydrogens is 504 g/mol. The van der Waals surface area contributed by atoms with Crippen LogP contribution in [-0.4, -0.2) is 69.2 Å². The number of aryl methyl sites for hydroxylation is 2. The van der Waals surface area contributed by atoms with Crippen LogP contribution in [0.2, 0.25) is 0 Å². The first-order valence-electron chi connectivity index (χ1n) is 14.1. The molecule has 0 spiro atoms. The summed E-state index contributed by atoms with van der Waals surface area (Å²) in [4.78, 5) is 37.4. The molecule has 1 aliphatic carbocycles. The first kappa shape index (κ1) is 27.2. The maximum absolute atomic E-state index is 12.6. The maximum atomic E-state index is 12.6. The second-order valence-corrected chi connectivity index (χ2v) is 10.2. The van der Waals surface area contributed by atoms with Gasteiger partial charge in [-0.1, -0.05) is 36.8 Å². The molecule has 2 amide bonds. The van der Waals surface area contributed by atoms with Crippen molar-refractivity contribution >= 4 is 17.8 Å². The van der Waals surface area contributed by atoms with Crippen LogP contribution in [0.3, 0.4) is 0 Å². The largest absolute Gasteiger partial charge is 0.353 e. The van der Waals surface area contributed by atoms with Gasteiger partial charge in [-0.05, 0) is 48.9 Å². The standard InChI is InChI=1S/C30H36N8O2/c31-26-22-24-13-12-23-8-3-4-9-25(23)29(24)35-38(26)17-6-10-27(39)32-14-5-1-2-11-28(40)36-18-20-37(21-19-36)30-33-15-7-16-34-30/h3-4,6-10,15-16,22,31H,1-2,5,11-14,17-21H2,(H,32,39). The van der Waals surface area contributed by atoms with Crippen LogP contribution in [0.15, 0.2) is 60.9 Å². The van der Waals surface area contributed by atoms with E-state index >= 15 is 0 Å². The first-order valence-corrected chi connectivity index (χ1v) is 14.1. The Morgan fingerprint density at radius 2 is 1.73 bits per heavy atom. The van der Waals surface area contributed by atoms with Gasteiger partial charge in [-0.15, -0.1) is 0 Å². The summed E-state index contributed by atoms with van der Waals surface area (Å²) in [5.74, 6) is 0.741. The van der Waals surface area contributed by atoms with Gasteiger partial charge in [0.2, 0.25) is 17.8 Å². The summed E-state index contributed by atoms with van der Waals surface area (Å²) in [6.07, 6.45) is 11.6. The van der Waals surface area contributed by atoms with Crippen molar-refractivity contribution in [2.45, 2.75) is 45.1 Å². The average molecular weight is 541 g/mol. The van der Waals surface area contributed by atoms with E-state index in [-0.39, 0.29) is 11.8 Å². The van der Waals surface area contributed by atoms with Gasteiger partial charge in [0.15, 0.2) is 0 Å². The molecule has 1 fully saturated rings. The Morgan fingerprint density at radius 1 is 0.950 bits per heavy atom. The van der Waals surface area contributed by atoms with E-state index in [1.807, 2.05) is 23.1 Å². The molecule has 1 aromatic carbocycles. The second kappa shape index (κ2) is 13.1. The fourth-order valence-corrected chi connectivity index (χ4v) is 5.22. The normalized spacial score (nSPS) is 14.6. The van der Waals surface area contributed by atoms with Crippen LogP contribution in [0.1, 0.15) is 36.8 Å². The van der Waals surface area contributed by atoms with Crippen molar-refractivity contribution in [3.63, 3.8) is 0 Å². The zero-order valence-electron chi connectivity index (χ0n) is 22.8. The van der Waals surface area contributed by atoms with E-state index in [4.69, 9.17) is 10.5 Å². The number of carbonyl (C=O) groups is 2. The highest BCUT2D eigenvalue weighted by molar-refractivity contribution is 5.87. The van der Waals surface area contributed by atoms with Gasteiger partial charge in [0.25, 0.3) is 0 Å². The quantitative estimate of drug-likeness (QED) is 0.301. The minimum atomic E-state index is -0.160. The Hall–Kier alpha value is -4.34. The molecule has 208 valence electrons. The lowest BCUT2D eigenvalue weighted by atomic mass is 9.89. The Kier molecular flexibility index (Phi) is 8.95. The number of aromatic nitrogens is 4. The Morgan fingerprint density at radius 3 is 2.55 bits per heavy atom. The number of amides is 2. The molecule has 2 aromatic heterocycles. The van der Waals surface area contributed by atoms with E-state index in [9.17, 15) is 9.59 Å². The molecule has 40 heavy (non-hydrogen) atoms. The van der Waals surface area contributed by atoms with Gasteiger partial charge in [-0.25, -0.2) is 14.6 Å². The van der Waals surface area contributed by atoms with Crippen molar-refractivity contribution < 1.29 is 9.59 Å². The number of hydrogen-bond acceptors (Lipinski definition) is 7. The molecule has 0 saturated carbocycles. The smallest absolute Gasteiger partial charge is 0.243 e. The number of hydrogen-bond donors (Lipinski definition) is 2. The van der Waals surface area contributed by atoms with Crippen LogP contribution in [-0.2, 0) is 29.0 Å². The highest BCUT2D eigenvalue weighted by Crippen LogP contribution is 2.30. The lowest BCUT2D eigenvalue weighted by Crippen LogP contribution is -2.49. The zero-order valence-corrected chi connectivity index (χ0v) is 22.8. The summed E-state index contributed by atoms with van der Waals surface area (Å²) in [6.45, 7) is 3.79. The van der Waals surface area contributed by atoms with E-state index in [0.29, 0.717) is 44.0 Å². The molecule has 0 radical (unpaired) electrons. The van der Waals surface area contributed by atoms with Crippen molar-refractivity contribution in [3.05, 3.63) is 77.6 Å². The van der Waals surface area contributed by atoms with Gasteiger partial charge >= 0.3 is 0 Å². The third-order valence-electron chi connectivity index (χ3n) is 7.43. The SMILES string of the molecule is N=c1cc2c(nn1CC=CC(=O)NCCCCCC(=O)N1CCN(c3ncccn3)CC1)-c1ccccc1CC2.